The van der Waals surface area contributed by atoms with Crippen molar-refractivity contribution in [3.8, 4) is 5.75 Å². The lowest BCUT2D eigenvalue weighted by atomic mass is 10.2. The van der Waals surface area contributed by atoms with Crippen molar-refractivity contribution in [1.29, 1.82) is 0 Å². The second kappa shape index (κ2) is 7.71. The largest absolute Gasteiger partial charge is 0.494 e. The summed E-state index contributed by atoms with van der Waals surface area (Å²) in [6, 6.07) is 6.78. The van der Waals surface area contributed by atoms with E-state index in [4.69, 9.17) is 9.62 Å². The van der Waals surface area contributed by atoms with Crippen LogP contribution in [0.3, 0.4) is 0 Å². The number of hydrogen-bond acceptors (Lipinski definition) is 4. The molecule has 0 saturated heterocycles. The van der Waals surface area contributed by atoms with Crippen LogP contribution in [0.25, 0.3) is 0 Å². The molecule has 0 spiro atoms. The van der Waals surface area contributed by atoms with Crippen molar-refractivity contribution in [2.75, 3.05) is 6.61 Å². The normalized spacial score (nSPS) is 10.4. The monoisotopic (exact) mass is 251 g/mol. The number of benzene rings is 1. The molecule has 99 valence electrons. The van der Waals surface area contributed by atoms with Crippen LogP contribution in [-0.2, 0) is 9.78 Å². The fourth-order valence-electron chi connectivity index (χ4n) is 1.12. The Morgan fingerprint density at radius 1 is 1.11 bits per heavy atom. The molecule has 4 heteroatoms. The highest BCUT2D eigenvalue weighted by atomic mass is 17.2. The summed E-state index contributed by atoms with van der Waals surface area (Å²) in [7, 11) is 0. The molecule has 0 fully saturated rings. The molecule has 0 saturated carbocycles. The van der Waals surface area contributed by atoms with Crippen molar-refractivity contribution >= 4 is 5.97 Å². The van der Waals surface area contributed by atoms with Gasteiger partial charge in [0.15, 0.2) is 0 Å². The van der Waals surface area contributed by atoms with Crippen LogP contribution in [-0.4, -0.2) is 12.6 Å². The van der Waals surface area contributed by atoms with Gasteiger partial charge < -0.3 is 4.74 Å². The first kappa shape index (κ1) is 14.5. The Morgan fingerprint density at radius 2 is 1.78 bits per heavy atom. The minimum Gasteiger partial charge on any atom is -0.494 e. The van der Waals surface area contributed by atoms with Crippen LogP contribution in [0.4, 0.5) is 0 Å². The number of hydrogen-bond donors (Lipinski definition) is 0. The van der Waals surface area contributed by atoms with Crippen LogP contribution in [0.1, 0.15) is 44.0 Å². The maximum absolute atomic E-state index is 11.6. The zero-order chi connectivity index (χ0) is 13.4. The molecule has 0 heterocycles. The Morgan fingerprint density at radius 3 is 2.33 bits per heavy atom. The Balaban J connectivity index is 2.48. The van der Waals surface area contributed by atoms with Gasteiger partial charge >= 0.3 is 5.97 Å². The molecule has 1 radical (unpaired) electrons. The lowest BCUT2D eigenvalue weighted by Gasteiger charge is -2.08. The van der Waals surface area contributed by atoms with Crippen LogP contribution >= 0.6 is 0 Å². The molecule has 0 atom stereocenters. The van der Waals surface area contributed by atoms with E-state index in [1.54, 1.807) is 31.2 Å². The van der Waals surface area contributed by atoms with Crippen LogP contribution < -0.4 is 4.74 Å². The van der Waals surface area contributed by atoms with Crippen LogP contribution in [0.5, 0.6) is 5.75 Å². The summed E-state index contributed by atoms with van der Waals surface area (Å²) in [6.07, 6.45) is 2.31. The molecule has 0 bridgehead atoms. The Labute approximate surface area is 108 Å². The fraction of sp³-hybridized carbons (Fsp3) is 0.429. The van der Waals surface area contributed by atoms with E-state index in [2.05, 4.69) is 4.89 Å². The van der Waals surface area contributed by atoms with Gasteiger partial charge in [-0.1, -0.05) is 13.8 Å². The van der Waals surface area contributed by atoms with E-state index >= 15 is 0 Å². The number of ether oxygens (including phenoxy) is 1. The smallest absolute Gasteiger partial charge is 0.373 e. The Hall–Kier alpha value is -1.55. The third-order valence-corrected chi connectivity index (χ3v) is 2.32. The summed E-state index contributed by atoms with van der Waals surface area (Å²) >= 11 is 0. The highest BCUT2D eigenvalue weighted by molar-refractivity contribution is 5.89. The van der Waals surface area contributed by atoms with Crippen LogP contribution in [0, 0.1) is 6.10 Å². The third-order valence-electron chi connectivity index (χ3n) is 2.32. The molecule has 0 amide bonds. The second-order valence-electron chi connectivity index (χ2n) is 3.88. The standard InChI is InChI=1S/C14H19O4/c1-4-10-16-13-8-6-12(7-9-13)14(15)18-17-11(3)5-2/h6-9H,4-5,10H2,1-3H3. The molecule has 0 aliphatic heterocycles. The molecule has 1 aromatic rings. The van der Waals surface area contributed by atoms with Gasteiger partial charge in [-0.05, 0) is 44.0 Å². The molecule has 0 N–H and O–H groups in total. The highest BCUT2D eigenvalue weighted by Crippen LogP contribution is 2.14. The first-order valence-corrected chi connectivity index (χ1v) is 6.11. The average molecular weight is 251 g/mol. The van der Waals surface area contributed by atoms with E-state index in [1.165, 1.54) is 0 Å². The van der Waals surface area contributed by atoms with E-state index in [0.717, 1.165) is 12.2 Å². The predicted molar refractivity (Wildman–Crippen MR) is 67.9 cm³/mol. The van der Waals surface area contributed by atoms with E-state index < -0.39 is 5.97 Å². The summed E-state index contributed by atoms with van der Waals surface area (Å²) in [5.41, 5.74) is 0.433. The van der Waals surface area contributed by atoms with E-state index in [-0.39, 0.29) is 0 Å². The first-order chi connectivity index (χ1) is 8.67. The van der Waals surface area contributed by atoms with Gasteiger partial charge in [-0.2, -0.15) is 4.89 Å². The molecule has 0 aromatic heterocycles. The van der Waals surface area contributed by atoms with E-state index in [0.29, 0.717) is 24.7 Å². The zero-order valence-electron chi connectivity index (χ0n) is 11.1. The van der Waals surface area contributed by atoms with Crippen molar-refractivity contribution in [1.82, 2.24) is 0 Å². The molecule has 0 aliphatic carbocycles. The Kier molecular flexibility index (Phi) is 6.22. The summed E-state index contributed by atoms with van der Waals surface area (Å²) in [6.45, 7) is 6.38. The van der Waals surface area contributed by atoms with E-state index in [1.807, 2.05) is 13.8 Å². The van der Waals surface area contributed by atoms with E-state index in [9.17, 15) is 4.79 Å². The molecular formula is C14H19O4. The third kappa shape index (κ3) is 4.75. The summed E-state index contributed by atoms with van der Waals surface area (Å²) in [4.78, 5) is 21.1. The van der Waals surface area contributed by atoms with Crippen molar-refractivity contribution in [3.63, 3.8) is 0 Å². The summed E-state index contributed by atoms with van der Waals surface area (Å²) < 4.78 is 5.42. The topological polar surface area (TPSA) is 44.8 Å². The minimum absolute atomic E-state index is 0.433. The minimum atomic E-state index is -0.509. The number of carbonyl (C=O) groups is 1. The van der Waals surface area contributed by atoms with Crippen LogP contribution in [0.2, 0.25) is 0 Å². The highest BCUT2D eigenvalue weighted by Gasteiger charge is 2.10. The lowest BCUT2D eigenvalue weighted by Crippen LogP contribution is -2.08. The molecular weight excluding hydrogens is 232 g/mol. The summed E-state index contributed by atoms with van der Waals surface area (Å²) in [5.74, 6) is 0.232. The van der Waals surface area contributed by atoms with Gasteiger partial charge in [0, 0.05) is 0 Å². The zero-order valence-corrected chi connectivity index (χ0v) is 11.1. The van der Waals surface area contributed by atoms with Gasteiger partial charge in [0.05, 0.1) is 12.2 Å². The quantitative estimate of drug-likeness (QED) is 0.549. The molecule has 1 aromatic carbocycles. The molecule has 1 rings (SSSR count). The van der Waals surface area contributed by atoms with Crippen molar-refractivity contribution in [3.05, 3.63) is 35.9 Å². The summed E-state index contributed by atoms with van der Waals surface area (Å²) in [5, 5.41) is 0. The lowest BCUT2D eigenvalue weighted by molar-refractivity contribution is -0.232. The second-order valence-corrected chi connectivity index (χ2v) is 3.88. The SMILES string of the molecule is CCCOc1ccc(C(=O)OO[C](C)CC)cc1. The van der Waals surface area contributed by atoms with Crippen molar-refractivity contribution in [2.24, 2.45) is 0 Å². The first-order valence-electron chi connectivity index (χ1n) is 6.11. The Bertz CT molecular complexity index is 359. The van der Waals surface area contributed by atoms with Crippen molar-refractivity contribution in [2.45, 2.75) is 33.6 Å². The fourth-order valence-corrected chi connectivity index (χ4v) is 1.12. The molecule has 4 nitrogen and oxygen atoms in total. The average Bonchev–Trinajstić information content (AvgIpc) is 2.42. The van der Waals surface area contributed by atoms with Gasteiger partial charge in [-0.25, -0.2) is 4.79 Å². The maximum Gasteiger partial charge on any atom is 0.373 e. The maximum atomic E-state index is 11.6. The van der Waals surface area contributed by atoms with Crippen LogP contribution in [0.15, 0.2) is 24.3 Å². The van der Waals surface area contributed by atoms with Gasteiger partial charge in [-0.15, -0.1) is 0 Å². The molecule has 0 aliphatic rings. The van der Waals surface area contributed by atoms with Gasteiger partial charge in [0.25, 0.3) is 0 Å². The van der Waals surface area contributed by atoms with Gasteiger partial charge in [-0.3, -0.25) is 4.89 Å². The predicted octanol–water partition coefficient (Wildman–Crippen LogP) is 3.53. The van der Waals surface area contributed by atoms with Gasteiger partial charge in [0.1, 0.15) is 11.9 Å². The molecule has 18 heavy (non-hydrogen) atoms. The van der Waals surface area contributed by atoms with Crippen molar-refractivity contribution < 1.29 is 19.3 Å². The number of carbonyl (C=O) groups excluding carboxylic acids is 1. The number of rotatable bonds is 7. The van der Waals surface area contributed by atoms with Gasteiger partial charge in [0.2, 0.25) is 0 Å². The molecule has 0 unspecified atom stereocenters.